The van der Waals surface area contributed by atoms with Crippen LogP contribution in [0.5, 0.6) is 0 Å². The number of nitrogens with one attached hydrogen (secondary N) is 1. The summed E-state index contributed by atoms with van der Waals surface area (Å²) in [5.41, 5.74) is 9.01. The highest BCUT2D eigenvalue weighted by atomic mass is 19.3. The van der Waals surface area contributed by atoms with Gasteiger partial charge in [0.05, 0.1) is 0 Å². The second-order valence-corrected chi connectivity index (χ2v) is 5.31. The zero-order chi connectivity index (χ0) is 12.7. The first kappa shape index (κ1) is 12.6. The molecule has 3 N–H and O–H groups in total. The largest absolute Gasteiger partial charge is 0.365 e. The first-order valence-electron chi connectivity index (χ1n) is 6.13. The van der Waals surface area contributed by atoms with E-state index in [1.54, 1.807) is 0 Å². The lowest BCUT2D eigenvalue weighted by atomic mass is 9.67. The molecular weight excluding hydrogens is 222 g/mol. The van der Waals surface area contributed by atoms with Crippen LogP contribution in [0, 0.1) is 13.8 Å². The maximum absolute atomic E-state index is 13.3. The molecular formula is C13H20F2N2. The molecule has 0 aromatic carbocycles. The zero-order valence-corrected chi connectivity index (χ0v) is 10.4. The van der Waals surface area contributed by atoms with Crippen molar-refractivity contribution in [3.8, 4) is 0 Å². The summed E-state index contributed by atoms with van der Waals surface area (Å²) in [4.78, 5) is 3.17. The van der Waals surface area contributed by atoms with Gasteiger partial charge in [-0.05, 0) is 37.8 Å². The van der Waals surface area contributed by atoms with E-state index in [0.717, 1.165) is 16.8 Å². The molecule has 1 aromatic rings. The number of aromatic amines is 1. The lowest BCUT2D eigenvalue weighted by Crippen LogP contribution is -2.42. The maximum Gasteiger partial charge on any atom is 0.248 e. The molecule has 1 aromatic heterocycles. The molecule has 0 bridgehead atoms. The van der Waals surface area contributed by atoms with Crippen molar-refractivity contribution in [2.24, 2.45) is 5.73 Å². The molecule has 0 atom stereocenters. The van der Waals surface area contributed by atoms with Crippen LogP contribution in [0.3, 0.4) is 0 Å². The van der Waals surface area contributed by atoms with E-state index in [2.05, 4.69) is 4.98 Å². The van der Waals surface area contributed by atoms with Gasteiger partial charge in [-0.15, -0.1) is 0 Å². The molecule has 1 heterocycles. The van der Waals surface area contributed by atoms with Crippen LogP contribution in [-0.4, -0.2) is 17.5 Å². The molecule has 0 spiro atoms. The van der Waals surface area contributed by atoms with Crippen LogP contribution in [0.25, 0.3) is 0 Å². The number of halogens is 2. The van der Waals surface area contributed by atoms with Crippen LogP contribution in [0.15, 0.2) is 6.20 Å². The Morgan fingerprint density at radius 1 is 1.24 bits per heavy atom. The molecule has 0 radical (unpaired) electrons. The fraction of sp³-hybridized carbons (Fsp3) is 0.692. The second-order valence-electron chi connectivity index (χ2n) is 5.31. The van der Waals surface area contributed by atoms with E-state index in [1.165, 1.54) is 0 Å². The number of aryl methyl sites for hydroxylation is 2. The summed E-state index contributed by atoms with van der Waals surface area (Å²) < 4.78 is 26.6. The van der Waals surface area contributed by atoms with Gasteiger partial charge in [-0.1, -0.05) is 0 Å². The third kappa shape index (κ3) is 2.10. The van der Waals surface area contributed by atoms with E-state index in [9.17, 15) is 8.78 Å². The minimum absolute atomic E-state index is 0.0474. The van der Waals surface area contributed by atoms with Gasteiger partial charge >= 0.3 is 0 Å². The van der Waals surface area contributed by atoms with Gasteiger partial charge in [0, 0.05) is 36.7 Å². The van der Waals surface area contributed by atoms with Crippen LogP contribution in [0.2, 0.25) is 0 Å². The van der Waals surface area contributed by atoms with Crippen molar-refractivity contribution in [1.29, 1.82) is 0 Å². The standard InChI is InChI=1S/C13H20F2N2/c1-9-7-17-10(2)11(9)12(8-16)3-5-13(14,15)6-4-12/h7,17H,3-6,8,16H2,1-2H3. The van der Waals surface area contributed by atoms with Crippen LogP contribution in [0.4, 0.5) is 8.78 Å². The fourth-order valence-electron chi connectivity index (χ4n) is 3.12. The maximum atomic E-state index is 13.3. The SMILES string of the molecule is Cc1c[nH]c(C)c1C1(CN)CCC(F)(F)CC1. The third-order valence-corrected chi connectivity index (χ3v) is 4.13. The second kappa shape index (κ2) is 4.09. The van der Waals surface area contributed by atoms with Gasteiger partial charge in [-0.25, -0.2) is 8.78 Å². The summed E-state index contributed by atoms with van der Waals surface area (Å²) >= 11 is 0. The Bertz CT molecular complexity index is 380. The van der Waals surface area contributed by atoms with Crippen LogP contribution >= 0.6 is 0 Å². The minimum Gasteiger partial charge on any atom is -0.365 e. The highest BCUT2D eigenvalue weighted by Crippen LogP contribution is 2.46. The van der Waals surface area contributed by atoms with Gasteiger partial charge in [0.15, 0.2) is 0 Å². The number of nitrogens with two attached hydrogens (primary N) is 1. The normalized spacial score (nSPS) is 22.6. The molecule has 2 rings (SSSR count). The van der Waals surface area contributed by atoms with Crippen molar-refractivity contribution < 1.29 is 8.78 Å². The Labute approximate surface area is 101 Å². The van der Waals surface area contributed by atoms with Crippen LogP contribution in [0.1, 0.15) is 42.5 Å². The number of hydrogen-bond donors (Lipinski definition) is 2. The van der Waals surface area contributed by atoms with Crippen molar-refractivity contribution in [3.05, 3.63) is 23.0 Å². The molecule has 0 amide bonds. The van der Waals surface area contributed by atoms with E-state index in [-0.39, 0.29) is 18.3 Å². The van der Waals surface area contributed by atoms with E-state index in [0.29, 0.717) is 19.4 Å². The van der Waals surface area contributed by atoms with Gasteiger partial charge in [-0.3, -0.25) is 0 Å². The Morgan fingerprint density at radius 3 is 2.24 bits per heavy atom. The van der Waals surface area contributed by atoms with E-state index in [4.69, 9.17) is 5.73 Å². The molecule has 4 heteroatoms. The van der Waals surface area contributed by atoms with Gasteiger partial charge in [0.25, 0.3) is 0 Å². The predicted octanol–water partition coefficient (Wildman–Crippen LogP) is 3.04. The summed E-state index contributed by atoms with van der Waals surface area (Å²) in [6, 6.07) is 0. The molecule has 0 aliphatic heterocycles. The molecule has 17 heavy (non-hydrogen) atoms. The highest BCUT2D eigenvalue weighted by molar-refractivity contribution is 5.38. The number of hydrogen-bond acceptors (Lipinski definition) is 1. The Balaban J connectivity index is 2.34. The molecule has 1 saturated carbocycles. The lowest BCUT2D eigenvalue weighted by Gasteiger charge is -2.40. The topological polar surface area (TPSA) is 41.8 Å². The third-order valence-electron chi connectivity index (χ3n) is 4.13. The molecule has 1 aliphatic rings. The Morgan fingerprint density at radius 2 is 1.82 bits per heavy atom. The van der Waals surface area contributed by atoms with Crippen molar-refractivity contribution in [2.75, 3.05) is 6.54 Å². The average molecular weight is 242 g/mol. The zero-order valence-electron chi connectivity index (χ0n) is 10.4. The van der Waals surface area contributed by atoms with Crippen LogP contribution in [-0.2, 0) is 5.41 Å². The van der Waals surface area contributed by atoms with E-state index >= 15 is 0 Å². The van der Waals surface area contributed by atoms with Crippen molar-refractivity contribution in [2.45, 2.75) is 50.9 Å². The number of rotatable bonds is 2. The highest BCUT2D eigenvalue weighted by Gasteiger charge is 2.44. The quantitative estimate of drug-likeness (QED) is 0.822. The molecule has 1 fully saturated rings. The van der Waals surface area contributed by atoms with Crippen molar-refractivity contribution in [1.82, 2.24) is 4.98 Å². The number of H-pyrrole nitrogens is 1. The first-order valence-corrected chi connectivity index (χ1v) is 6.13. The van der Waals surface area contributed by atoms with Gasteiger partial charge in [0.2, 0.25) is 5.92 Å². The van der Waals surface area contributed by atoms with E-state index in [1.807, 2.05) is 20.0 Å². The number of alkyl halides is 2. The molecule has 0 unspecified atom stereocenters. The minimum atomic E-state index is -2.50. The van der Waals surface area contributed by atoms with E-state index < -0.39 is 5.92 Å². The smallest absolute Gasteiger partial charge is 0.248 e. The summed E-state index contributed by atoms with van der Waals surface area (Å²) in [5, 5.41) is 0. The lowest BCUT2D eigenvalue weighted by molar-refractivity contribution is -0.0510. The van der Waals surface area contributed by atoms with Crippen LogP contribution < -0.4 is 5.73 Å². The molecule has 2 nitrogen and oxygen atoms in total. The predicted molar refractivity (Wildman–Crippen MR) is 64.4 cm³/mol. The number of aromatic nitrogens is 1. The van der Waals surface area contributed by atoms with Crippen molar-refractivity contribution in [3.63, 3.8) is 0 Å². The Kier molecular flexibility index (Phi) is 3.02. The van der Waals surface area contributed by atoms with Gasteiger partial charge in [-0.2, -0.15) is 0 Å². The Hall–Kier alpha value is -0.900. The molecule has 96 valence electrons. The van der Waals surface area contributed by atoms with Gasteiger partial charge in [0.1, 0.15) is 0 Å². The summed E-state index contributed by atoms with van der Waals surface area (Å²) in [6.07, 6.45) is 2.81. The summed E-state index contributed by atoms with van der Waals surface area (Å²) in [6.45, 7) is 4.46. The average Bonchev–Trinajstić information content (AvgIpc) is 2.61. The molecule has 1 aliphatic carbocycles. The van der Waals surface area contributed by atoms with Crippen molar-refractivity contribution >= 4 is 0 Å². The fourth-order valence-corrected chi connectivity index (χ4v) is 3.12. The summed E-state index contributed by atoms with van der Waals surface area (Å²) in [5.74, 6) is -2.50. The monoisotopic (exact) mass is 242 g/mol. The first-order chi connectivity index (χ1) is 7.90. The van der Waals surface area contributed by atoms with Gasteiger partial charge < -0.3 is 10.7 Å². The molecule has 0 saturated heterocycles. The summed E-state index contributed by atoms with van der Waals surface area (Å²) in [7, 11) is 0.